The van der Waals surface area contributed by atoms with Gasteiger partial charge in [-0.1, -0.05) is 35.6 Å². The zero-order valence-electron chi connectivity index (χ0n) is 16.3. The van der Waals surface area contributed by atoms with Crippen molar-refractivity contribution >= 4 is 11.9 Å². The maximum Gasteiger partial charge on any atom is 0.307 e. The summed E-state index contributed by atoms with van der Waals surface area (Å²) in [5.41, 5.74) is 0. The van der Waals surface area contributed by atoms with E-state index < -0.39 is 5.97 Å². The summed E-state index contributed by atoms with van der Waals surface area (Å²) < 4.78 is 0. The molecule has 6 heteroatoms. The summed E-state index contributed by atoms with van der Waals surface area (Å²) in [6.07, 6.45) is 1.88. The van der Waals surface area contributed by atoms with Crippen molar-refractivity contribution < 1.29 is 24.9 Å². The Morgan fingerprint density at radius 1 is 0.963 bits per heavy atom. The number of carboxylic acids is 1. The smallest absolute Gasteiger partial charge is 0.307 e. The van der Waals surface area contributed by atoms with E-state index in [2.05, 4.69) is 23.7 Å². The van der Waals surface area contributed by atoms with Crippen molar-refractivity contribution in [2.24, 2.45) is 11.8 Å². The van der Waals surface area contributed by atoms with Crippen LogP contribution in [0.2, 0.25) is 0 Å². The number of hydrogen-bond donors (Lipinski definition) is 3. The monoisotopic (exact) mass is 387 g/mol. The Kier molecular flexibility index (Phi) is 34.9. The first-order valence-electron chi connectivity index (χ1n) is 8.21. The van der Waals surface area contributed by atoms with Gasteiger partial charge in [0.2, 0.25) is 5.91 Å². The summed E-state index contributed by atoms with van der Waals surface area (Å²) in [6, 6.07) is 0. The minimum Gasteiger partial charge on any atom is -0.481 e. The van der Waals surface area contributed by atoms with Gasteiger partial charge in [0.25, 0.3) is 0 Å². The van der Waals surface area contributed by atoms with Crippen molar-refractivity contribution in [3.05, 3.63) is 0 Å². The number of carbonyl (C=O) groups is 2. The highest BCUT2D eigenvalue weighted by atomic mass is 16.4. The second-order valence-corrected chi connectivity index (χ2v) is 5.30. The van der Waals surface area contributed by atoms with Gasteiger partial charge in [0.15, 0.2) is 0 Å². The van der Waals surface area contributed by atoms with Gasteiger partial charge >= 0.3 is 5.97 Å². The number of aliphatic hydroxyl groups is 2. The Hall–Kier alpha value is -2.02. The van der Waals surface area contributed by atoms with E-state index >= 15 is 0 Å². The number of rotatable bonds is 6. The van der Waals surface area contributed by atoms with Gasteiger partial charge in [-0.15, -0.1) is 23.7 Å². The molecule has 0 aliphatic heterocycles. The predicted molar refractivity (Wildman–Crippen MR) is 113 cm³/mol. The molecule has 0 aromatic heterocycles. The van der Waals surface area contributed by atoms with E-state index in [1.165, 1.54) is 4.90 Å². The molecule has 0 aromatic rings. The van der Waals surface area contributed by atoms with Gasteiger partial charge in [-0.2, -0.15) is 0 Å². The Morgan fingerprint density at radius 3 is 1.59 bits per heavy atom. The summed E-state index contributed by atoms with van der Waals surface area (Å²) in [5, 5.41) is 24.9. The number of hydrogen-bond acceptors (Lipinski definition) is 4. The van der Waals surface area contributed by atoms with Crippen molar-refractivity contribution in [3.63, 3.8) is 0 Å². The van der Waals surface area contributed by atoms with Gasteiger partial charge in [0.05, 0.1) is 5.92 Å². The Morgan fingerprint density at radius 2 is 1.33 bits per heavy atom. The van der Waals surface area contributed by atoms with Crippen LogP contribution in [-0.2, 0) is 9.59 Å². The maximum absolute atomic E-state index is 11.3. The van der Waals surface area contributed by atoms with Crippen molar-refractivity contribution in [2.45, 2.75) is 68.7 Å². The average Bonchev–Trinajstić information content (AvgIpc) is 2.63. The Balaban J connectivity index is -0.0000000959. The highest BCUT2D eigenvalue weighted by Crippen LogP contribution is 2.04. The first-order chi connectivity index (χ1) is 11.7. The van der Waals surface area contributed by atoms with Gasteiger partial charge in [-0.05, 0) is 20.3 Å². The van der Waals surface area contributed by atoms with E-state index in [0.717, 1.165) is 6.42 Å². The molecule has 3 N–H and O–H groups in total. The lowest BCUT2D eigenvalue weighted by Gasteiger charge is -2.16. The highest BCUT2D eigenvalue weighted by molar-refractivity contribution is 5.78. The standard InChI is InChI=1S/C9H15NO2.C7H10O2.C3H8O.2CH4/c1-4-5-6-8(2)9(12)10(3)7-11;1-3-4-5-6(2)7(8)9;1-2-3-4;;/h8,11H,6-7H2,1-3H3;6H,5H2,1-2H3,(H,8,9);4H,2-3H2,1H3;2*1H4/t8-;6-;;;/m00.../s1. The average molecular weight is 388 g/mol. The first-order valence-corrected chi connectivity index (χ1v) is 8.21. The van der Waals surface area contributed by atoms with Gasteiger partial charge in [0.1, 0.15) is 6.73 Å². The minimum atomic E-state index is -0.780. The summed E-state index contributed by atoms with van der Waals surface area (Å²) in [5.74, 6) is 9.58. The first kappa shape index (κ1) is 36.0. The van der Waals surface area contributed by atoms with Crippen molar-refractivity contribution in [1.29, 1.82) is 0 Å². The van der Waals surface area contributed by atoms with E-state index in [0.29, 0.717) is 19.4 Å². The molecule has 6 nitrogen and oxygen atoms in total. The molecule has 2 atom stereocenters. The summed E-state index contributed by atoms with van der Waals surface area (Å²) in [7, 11) is 1.57. The zero-order valence-corrected chi connectivity index (χ0v) is 16.3. The van der Waals surface area contributed by atoms with Crippen LogP contribution in [0.4, 0.5) is 0 Å². The topological polar surface area (TPSA) is 98.1 Å². The SMILES string of the molecule is C.C.CC#CC[C@H](C)C(=O)N(C)CO.CC#CC[C@H](C)C(=O)O.CCCO. The molecule has 0 radical (unpaired) electrons. The van der Waals surface area contributed by atoms with Crippen LogP contribution in [0.15, 0.2) is 0 Å². The van der Waals surface area contributed by atoms with E-state index in [4.69, 9.17) is 15.3 Å². The molecule has 0 unspecified atom stereocenters. The number of carbonyl (C=O) groups excluding carboxylic acids is 1. The molecule has 0 rings (SSSR count). The van der Waals surface area contributed by atoms with Crippen molar-refractivity contribution in [2.75, 3.05) is 20.4 Å². The van der Waals surface area contributed by atoms with Gasteiger partial charge in [-0.3, -0.25) is 9.59 Å². The fourth-order valence-corrected chi connectivity index (χ4v) is 1.13. The molecule has 0 saturated heterocycles. The van der Waals surface area contributed by atoms with Crippen molar-refractivity contribution in [1.82, 2.24) is 4.90 Å². The summed E-state index contributed by atoms with van der Waals surface area (Å²) in [4.78, 5) is 22.7. The second kappa shape index (κ2) is 26.2. The number of nitrogens with zero attached hydrogens (tertiary/aromatic N) is 1. The third kappa shape index (κ3) is 26.3. The van der Waals surface area contributed by atoms with Crippen LogP contribution in [-0.4, -0.2) is 52.5 Å². The highest BCUT2D eigenvalue weighted by Gasteiger charge is 2.14. The molecule has 27 heavy (non-hydrogen) atoms. The van der Waals surface area contributed by atoms with E-state index in [-0.39, 0.29) is 39.3 Å². The number of amides is 1. The van der Waals surface area contributed by atoms with Crippen LogP contribution in [0, 0.1) is 35.5 Å². The lowest BCUT2D eigenvalue weighted by Crippen LogP contribution is -2.32. The molecular formula is C21H41NO5. The quantitative estimate of drug-likeness (QED) is 0.480. The molecule has 160 valence electrons. The summed E-state index contributed by atoms with van der Waals surface area (Å²) >= 11 is 0. The molecule has 0 aromatic carbocycles. The van der Waals surface area contributed by atoms with Crippen LogP contribution in [0.3, 0.4) is 0 Å². The van der Waals surface area contributed by atoms with Gasteiger partial charge in [-0.25, -0.2) is 0 Å². The van der Waals surface area contributed by atoms with E-state index in [1.807, 2.05) is 6.92 Å². The van der Waals surface area contributed by atoms with Crippen LogP contribution >= 0.6 is 0 Å². The second-order valence-electron chi connectivity index (χ2n) is 5.30. The number of aliphatic carboxylic acids is 1. The maximum atomic E-state index is 11.3. The third-order valence-corrected chi connectivity index (χ3v) is 2.83. The molecule has 0 heterocycles. The molecule has 0 aliphatic rings. The normalized spacial score (nSPS) is 9.93. The number of aliphatic hydroxyl groups excluding tert-OH is 2. The fraction of sp³-hybridized carbons (Fsp3) is 0.714. The van der Waals surface area contributed by atoms with E-state index in [1.54, 1.807) is 34.7 Å². The lowest BCUT2D eigenvalue weighted by atomic mass is 10.1. The van der Waals surface area contributed by atoms with Crippen LogP contribution in [0.25, 0.3) is 0 Å². The molecule has 0 aliphatic carbocycles. The third-order valence-electron chi connectivity index (χ3n) is 2.83. The lowest BCUT2D eigenvalue weighted by molar-refractivity contribution is -0.141. The molecule has 0 bridgehead atoms. The Labute approximate surface area is 167 Å². The minimum absolute atomic E-state index is 0. The molecule has 1 amide bonds. The van der Waals surface area contributed by atoms with Crippen LogP contribution in [0.1, 0.15) is 68.7 Å². The number of carboxylic acid groups (broad SMARTS) is 1. The summed E-state index contributed by atoms with van der Waals surface area (Å²) in [6.45, 7) is 8.91. The van der Waals surface area contributed by atoms with Gasteiger partial charge in [0, 0.05) is 32.4 Å². The molecular weight excluding hydrogens is 346 g/mol. The Bertz CT molecular complexity index is 466. The zero-order chi connectivity index (χ0) is 20.3. The van der Waals surface area contributed by atoms with Crippen molar-refractivity contribution in [3.8, 4) is 23.7 Å². The molecule has 0 spiro atoms. The van der Waals surface area contributed by atoms with Gasteiger partial charge < -0.3 is 20.2 Å². The van der Waals surface area contributed by atoms with Crippen LogP contribution in [0.5, 0.6) is 0 Å². The molecule has 0 saturated carbocycles. The largest absolute Gasteiger partial charge is 0.481 e. The predicted octanol–water partition coefficient (Wildman–Crippen LogP) is 3.23. The molecule has 0 fully saturated rings. The van der Waals surface area contributed by atoms with Crippen LogP contribution < -0.4 is 0 Å². The fourth-order valence-electron chi connectivity index (χ4n) is 1.13. The van der Waals surface area contributed by atoms with E-state index in [9.17, 15) is 9.59 Å².